The molecule has 1 N–H and O–H groups in total. The minimum absolute atomic E-state index is 0.0511. The summed E-state index contributed by atoms with van der Waals surface area (Å²) in [4.78, 5) is 24.7. The van der Waals surface area contributed by atoms with Crippen LogP contribution in [0.5, 0.6) is 0 Å². The number of hydrogen-bond donors (Lipinski definition) is 1. The molecule has 0 aliphatic carbocycles. The van der Waals surface area contributed by atoms with Gasteiger partial charge in [-0.25, -0.2) is 13.2 Å². The lowest BCUT2D eigenvalue weighted by Crippen LogP contribution is -2.43. The Balaban J connectivity index is 1.71. The molecule has 150 valence electrons. The van der Waals surface area contributed by atoms with E-state index in [1.807, 2.05) is 0 Å². The van der Waals surface area contributed by atoms with Crippen LogP contribution in [0, 0.1) is 5.92 Å². The molecule has 1 atom stereocenters. The van der Waals surface area contributed by atoms with Crippen molar-refractivity contribution in [2.45, 2.75) is 24.7 Å². The van der Waals surface area contributed by atoms with E-state index in [1.165, 1.54) is 16.4 Å². The third-order valence-corrected chi connectivity index (χ3v) is 6.85. The molecule has 1 aliphatic heterocycles. The quantitative estimate of drug-likeness (QED) is 0.702. The number of piperidine rings is 1. The smallest absolute Gasteiger partial charge is 0.362 e. The lowest BCUT2D eigenvalue weighted by molar-refractivity contribution is -0.120. The van der Waals surface area contributed by atoms with Gasteiger partial charge in [0, 0.05) is 24.6 Å². The SMILES string of the molecule is CCOC(=O)c1nnsc1NC(=O)C1CCCN(S(=O)(=O)c2ccccc2)C1. The highest BCUT2D eigenvalue weighted by Crippen LogP contribution is 2.26. The van der Waals surface area contributed by atoms with Crippen molar-refractivity contribution in [3.05, 3.63) is 36.0 Å². The van der Waals surface area contributed by atoms with Gasteiger partial charge in [-0.1, -0.05) is 22.7 Å². The molecular weight excluding hydrogens is 404 g/mol. The van der Waals surface area contributed by atoms with E-state index in [2.05, 4.69) is 14.9 Å². The zero-order valence-corrected chi connectivity index (χ0v) is 16.8. The van der Waals surface area contributed by atoms with Crippen molar-refractivity contribution in [3.8, 4) is 0 Å². The average molecular weight is 425 g/mol. The maximum Gasteiger partial charge on any atom is 0.362 e. The largest absolute Gasteiger partial charge is 0.461 e. The van der Waals surface area contributed by atoms with Crippen LogP contribution in [-0.2, 0) is 19.6 Å². The van der Waals surface area contributed by atoms with Crippen LogP contribution in [0.4, 0.5) is 5.00 Å². The Hall–Kier alpha value is -2.37. The zero-order valence-electron chi connectivity index (χ0n) is 15.2. The molecule has 0 spiro atoms. The number of nitrogens with one attached hydrogen (secondary N) is 1. The van der Waals surface area contributed by atoms with Gasteiger partial charge in [-0.3, -0.25) is 4.79 Å². The number of carbonyl (C=O) groups excluding carboxylic acids is 2. The summed E-state index contributed by atoms with van der Waals surface area (Å²) in [7, 11) is -3.66. The highest BCUT2D eigenvalue weighted by molar-refractivity contribution is 7.89. The van der Waals surface area contributed by atoms with Crippen molar-refractivity contribution >= 4 is 38.4 Å². The number of sulfonamides is 1. The molecule has 0 radical (unpaired) electrons. The van der Waals surface area contributed by atoms with Gasteiger partial charge in [-0.2, -0.15) is 4.31 Å². The minimum Gasteiger partial charge on any atom is -0.461 e. The van der Waals surface area contributed by atoms with Crippen molar-refractivity contribution in [2.24, 2.45) is 5.92 Å². The number of nitrogens with zero attached hydrogens (tertiary/aromatic N) is 3. The topological polar surface area (TPSA) is 119 Å². The highest BCUT2D eigenvalue weighted by atomic mass is 32.2. The fourth-order valence-electron chi connectivity index (χ4n) is 2.94. The third-order valence-electron chi connectivity index (χ3n) is 4.33. The van der Waals surface area contributed by atoms with Crippen LogP contribution in [-0.4, -0.2) is 53.9 Å². The number of anilines is 1. The van der Waals surface area contributed by atoms with Gasteiger partial charge >= 0.3 is 5.97 Å². The van der Waals surface area contributed by atoms with Crippen LogP contribution in [0.1, 0.15) is 30.3 Å². The molecule has 1 aliphatic rings. The number of hydrogen-bond acceptors (Lipinski definition) is 8. The van der Waals surface area contributed by atoms with Crippen molar-refractivity contribution in [3.63, 3.8) is 0 Å². The van der Waals surface area contributed by atoms with Crippen molar-refractivity contribution in [1.82, 2.24) is 13.9 Å². The second-order valence-electron chi connectivity index (χ2n) is 6.18. The molecule has 2 aromatic rings. The fourth-order valence-corrected chi connectivity index (χ4v) is 5.04. The molecule has 3 rings (SSSR count). The third kappa shape index (κ3) is 4.37. The van der Waals surface area contributed by atoms with Gasteiger partial charge in [-0.15, -0.1) is 5.10 Å². The van der Waals surface area contributed by atoms with E-state index >= 15 is 0 Å². The van der Waals surface area contributed by atoms with Crippen molar-refractivity contribution < 1.29 is 22.7 Å². The van der Waals surface area contributed by atoms with E-state index in [-0.39, 0.29) is 34.6 Å². The van der Waals surface area contributed by atoms with Gasteiger partial charge in [0.2, 0.25) is 21.6 Å². The van der Waals surface area contributed by atoms with Crippen LogP contribution in [0.25, 0.3) is 0 Å². The standard InChI is InChI=1S/C17H20N4O5S2/c1-2-26-17(23)14-16(27-20-19-14)18-15(22)12-7-6-10-21(11-12)28(24,25)13-8-4-3-5-9-13/h3-5,8-9,12H,2,6-7,10-11H2,1H3,(H,18,22). The molecular formula is C17H20N4O5S2. The van der Waals surface area contributed by atoms with Gasteiger partial charge in [0.25, 0.3) is 0 Å². The average Bonchev–Trinajstić information content (AvgIpc) is 3.17. The summed E-state index contributed by atoms with van der Waals surface area (Å²) in [5, 5.41) is 6.54. The Labute approximate surface area is 166 Å². The van der Waals surface area contributed by atoms with Crippen molar-refractivity contribution in [2.75, 3.05) is 25.0 Å². The molecule has 1 fully saturated rings. The van der Waals surface area contributed by atoms with Gasteiger partial charge < -0.3 is 10.1 Å². The maximum absolute atomic E-state index is 12.8. The fraction of sp³-hybridized carbons (Fsp3) is 0.412. The Bertz CT molecular complexity index is 945. The molecule has 11 heteroatoms. The summed E-state index contributed by atoms with van der Waals surface area (Å²) in [6.45, 7) is 2.28. The molecule has 1 amide bonds. The lowest BCUT2D eigenvalue weighted by atomic mass is 9.99. The van der Waals surface area contributed by atoms with Crippen LogP contribution in [0.15, 0.2) is 35.2 Å². The number of benzene rings is 1. The van der Waals surface area contributed by atoms with E-state index in [0.717, 1.165) is 11.5 Å². The molecule has 28 heavy (non-hydrogen) atoms. The number of rotatable bonds is 6. The van der Waals surface area contributed by atoms with Gasteiger partial charge in [0.1, 0.15) is 0 Å². The zero-order chi connectivity index (χ0) is 20.1. The lowest BCUT2D eigenvalue weighted by Gasteiger charge is -2.31. The predicted octanol–water partition coefficient (Wildman–Crippen LogP) is 1.75. The summed E-state index contributed by atoms with van der Waals surface area (Å²) < 4.78 is 35.5. The number of ether oxygens (including phenoxy) is 1. The van der Waals surface area contributed by atoms with E-state index < -0.39 is 21.9 Å². The van der Waals surface area contributed by atoms with Gasteiger partial charge in [0.15, 0.2) is 5.00 Å². The summed E-state index contributed by atoms with van der Waals surface area (Å²) >= 11 is 0.874. The van der Waals surface area contributed by atoms with Gasteiger partial charge in [-0.05, 0) is 31.9 Å². The minimum atomic E-state index is -3.66. The summed E-state index contributed by atoms with van der Waals surface area (Å²) in [5.41, 5.74) is -0.0511. The highest BCUT2D eigenvalue weighted by Gasteiger charge is 2.34. The normalized spacial score (nSPS) is 17.8. The molecule has 1 aromatic heterocycles. The summed E-state index contributed by atoms with van der Waals surface area (Å²) in [6, 6.07) is 8.14. The Kier molecular flexibility index (Phi) is 6.37. The first kappa shape index (κ1) is 20.4. The van der Waals surface area contributed by atoms with Gasteiger partial charge in [0.05, 0.1) is 17.4 Å². The summed E-state index contributed by atoms with van der Waals surface area (Å²) in [5.74, 6) is -1.57. The maximum atomic E-state index is 12.8. The van der Waals surface area contributed by atoms with E-state index in [4.69, 9.17) is 4.74 Å². The van der Waals surface area contributed by atoms with Crippen molar-refractivity contribution in [1.29, 1.82) is 0 Å². The molecule has 9 nitrogen and oxygen atoms in total. The number of esters is 1. The van der Waals surface area contributed by atoms with Crippen LogP contribution >= 0.6 is 11.5 Å². The second kappa shape index (κ2) is 8.76. The second-order valence-corrected chi connectivity index (χ2v) is 8.87. The first-order chi connectivity index (χ1) is 13.4. The number of carbonyl (C=O) groups is 2. The molecule has 2 heterocycles. The Morgan fingerprint density at radius 3 is 2.79 bits per heavy atom. The monoisotopic (exact) mass is 424 g/mol. The van der Waals surface area contributed by atoms with E-state index in [1.54, 1.807) is 25.1 Å². The molecule has 1 aromatic carbocycles. The molecule has 1 saturated heterocycles. The number of aromatic nitrogens is 2. The van der Waals surface area contributed by atoms with Crippen LogP contribution in [0.2, 0.25) is 0 Å². The Morgan fingerprint density at radius 1 is 1.32 bits per heavy atom. The molecule has 0 bridgehead atoms. The molecule has 0 saturated carbocycles. The Morgan fingerprint density at radius 2 is 2.07 bits per heavy atom. The van der Waals surface area contributed by atoms with E-state index in [9.17, 15) is 18.0 Å². The van der Waals surface area contributed by atoms with Crippen LogP contribution in [0.3, 0.4) is 0 Å². The molecule has 1 unspecified atom stereocenters. The summed E-state index contributed by atoms with van der Waals surface area (Å²) in [6.07, 6.45) is 1.11. The van der Waals surface area contributed by atoms with E-state index in [0.29, 0.717) is 19.4 Å². The first-order valence-electron chi connectivity index (χ1n) is 8.79. The first-order valence-corrected chi connectivity index (χ1v) is 11.0. The van der Waals surface area contributed by atoms with Crippen LogP contribution < -0.4 is 5.32 Å². The number of amides is 1. The predicted molar refractivity (Wildman–Crippen MR) is 102 cm³/mol.